The third-order valence-electron chi connectivity index (χ3n) is 4.26. The monoisotopic (exact) mass is 405 g/mol. The lowest BCUT2D eigenvalue weighted by Gasteiger charge is -2.08. The summed E-state index contributed by atoms with van der Waals surface area (Å²) in [5.41, 5.74) is 3.83. The average molecular weight is 405 g/mol. The molecule has 4 rings (SSSR count). The normalized spacial score (nSPS) is 10.7. The fraction of sp³-hybridized carbons (Fsp3) is 0.136. The van der Waals surface area contributed by atoms with E-state index >= 15 is 0 Å². The molecule has 7 heteroatoms. The molecule has 0 aliphatic carbocycles. The van der Waals surface area contributed by atoms with Gasteiger partial charge in [0.2, 0.25) is 5.95 Å². The zero-order valence-electron chi connectivity index (χ0n) is 16.0. The lowest BCUT2D eigenvalue weighted by atomic mass is 10.1. The van der Waals surface area contributed by atoms with Gasteiger partial charge in [-0.25, -0.2) is 9.97 Å². The quantitative estimate of drug-likeness (QED) is 0.474. The summed E-state index contributed by atoms with van der Waals surface area (Å²) < 4.78 is 11.2. The van der Waals surface area contributed by atoms with E-state index in [9.17, 15) is 4.79 Å². The van der Waals surface area contributed by atoms with Crippen LogP contribution in [-0.4, -0.2) is 15.9 Å². The van der Waals surface area contributed by atoms with Gasteiger partial charge in [0.1, 0.15) is 18.1 Å². The zero-order valence-corrected chi connectivity index (χ0v) is 16.8. The summed E-state index contributed by atoms with van der Waals surface area (Å²) in [6.07, 6.45) is 3.15. The number of aromatic nitrogens is 2. The van der Waals surface area contributed by atoms with Gasteiger partial charge in [-0.15, -0.1) is 11.3 Å². The first-order valence-electron chi connectivity index (χ1n) is 9.04. The molecule has 0 fully saturated rings. The van der Waals surface area contributed by atoms with Crippen molar-refractivity contribution in [2.75, 3.05) is 5.32 Å². The second-order valence-corrected chi connectivity index (χ2v) is 7.48. The molecule has 0 saturated heterocycles. The Hall–Kier alpha value is -3.45. The molecule has 3 aromatic heterocycles. The number of anilines is 1. The summed E-state index contributed by atoms with van der Waals surface area (Å²) in [6.45, 7) is 4.47. The Morgan fingerprint density at radius 1 is 1.21 bits per heavy atom. The third-order valence-corrected chi connectivity index (χ3v) is 5.23. The van der Waals surface area contributed by atoms with Crippen LogP contribution in [0.5, 0.6) is 5.75 Å². The number of carbonyl (C=O) groups excluding carboxylic acids is 1. The number of hydrogen-bond donors (Lipinski definition) is 1. The van der Waals surface area contributed by atoms with E-state index in [0.717, 1.165) is 16.9 Å². The fourth-order valence-corrected chi connectivity index (χ4v) is 3.63. The van der Waals surface area contributed by atoms with Gasteiger partial charge in [-0.3, -0.25) is 10.1 Å². The van der Waals surface area contributed by atoms with Gasteiger partial charge < -0.3 is 9.15 Å². The fourth-order valence-electron chi connectivity index (χ4n) is 2.84. The Labute approximate surface area is 172 Å². The summed E-state index contributed by atoms with van der Waals surface area (Å²) in [5, 5.41) is 4.65. The number of amides is 1. The smallest absolute Gasteiger partial charge is 0.268 e. The Bertz CT molecular complexity index is 1140. The van der Waals surface area contributed by atoms with Crippen molar-refractivity contribution in [2.24, 2.45) is 0 Å². The van der Waals surface area contributed by atoms with E-state index in [1.165, 1.54) is 16.9 Å². The minimum Gasteiger partial charge on any atom is -0.489 e. The van der Waals surface area contributed by atoms with Gasteiger partial charge in [0.25, 0.3) is 5.91 Å². The topological polar surface area (TPSA) is 77.2 Å². The van der Waals surface area contributed by atoms with Crippen LogP contribution in [0.4, 0.5) is 5.95 Å². The molecular weight excluding hydrogens is 386 g/mol. The van der Waals surface area contributed by atoms with Crippen LogP contribution in [0, 0.1) is 13.8 Å². The van der Waals surface area contributed by atoms with Gasteiger partial charge in [0.15, 0.2) is 5.76 Å². The van der Waals surface area contributed by atoms with Gasteiger partial charge in [0.05, 0.1) is 11.1 Å². The van der Waals surface area contributed by atoms with Crippen LogP contribution in [0.2, 0.25) is 0 Å². The number of rotatable bonds is 6. The molecule has 0 aliphatic rings. The second-order valence-electron chi connectivity index (χ2n) is 6.57. The highest BCUT2D eigenvalue weighted by Crippen LogP contribution is 2.23. The molecule has 1 aromatic carbocycles. The Morgan fingerprint density at radius 3 is 2.90 bits per heavy atom. The van der Waals surface area contributed by atoms with E-state index in [-0.39, 0.29) is 11.9 Å². The van der Waals surface area contributed by atoms with Crippen LogP contribution in [0.1, 0.15) is 26.4 Å². The van der Waals surface area contributed by atoms with Gasteiger partial charge in [-0.2, -0.15) is 0 Å². The van der Waals surface area contributed by atoms with Crippen molar-refractivity contribution >= 4 is 23.2 Å². The molecule has 29 heavy (non-hydrogen) atoms. The number of nitrogens with zero attached hydrogens (tertiary/aromatic N) is 2. The van der Waals surface area contributed by atoms with Crippen LogP contribution in [0.25, 0.3) is 11.5 Å². The van der Waals surface area contributed by atoms with Crippen molar-refractivity contribution < 1.29 is 13.9 Å². The van der Waals surface area contributed by atoms with E-state index in [1.54, 1.807) is 30.7 Å². The summed E-state index contributed by atoms with van der Waals surface area (Å²) in [7, 11) is 0. The Morgan fingerprint density at radius 2 is 2.10 bits per heavy atom. The molecule has 1 amide bonds. The number of benzene rings is 1. The molecule has 6 nitrogen and oxygen atoms in total. The number of aryl methyl sites for hydroxylation is 2. The average Bonchev–Trinajstić information content (AvgIpc) is 3.40. The van der Waals surface area contributed by atoms with Gasteiger partial charge >= 0.3 is 0 Å². The van der Waals surface area contributed by atoms with Gasteiger partial charge in [-0.05, 0) is 55.1 Å². The maximum Gasteiger partial charge on any atom is 0.268 e. The van der Waals surface area contributed by atoms with Crippen LogP contribution >= 0.6 is 11.3 Å². The van der Waals surface area contributed by atoms with Crippen LogP contribution in [0.3, 0.4) is 0 Å². The van der Waals surface area contributed by atoms with Crippen LogP contribution in [-0.2, 0) is 6.61 Å². The van der Waals surface area contributed by atoms with Crippen molar-refractivity contribution in [1.82, 2.24) is 9.97 Å². The molecule has 146 valence electrons. The van der Waals surface area contributed by atoms with Crippen molar-refractivity contribution in [3.05, 3.63) is 81.9 Å². The predicted octanol–water partition coefficient (Wildman–Crippen LogP) is 5.25. The number of carbonyl (C=O) groups is 1. The second kappa shape index (κ2) is 8.28. The molecule has 0 unspecified atom stereocenters. The molecular formula is C22H19N3O3S. The molecule has 3 heterocycles. The van der Waals surface area contributed by atoms with E-state index < -0.39 is 0 Å². The molecule has 0 atom stereocenters. The van der Waals surface area contributed by atoms with Crippen LogP contribution in [0.15, 0.2) is 64.7 Å². The molecule has 4 aromatic rings. The van der Waals surface area contributed by atoms with E-state index in [1.807, 2.05) is 30.5 Å². The number of furan rings is 1. The largest absolute Gasteiger partial charge is 0.489 e. The Balaban J connectivity index is 1.40. The minimum absolute atomic E-state index is 0.227. The van der Waals surface area contributed by atoms with E-state index in [0.29, 0.717) is 22.9 Å². The van der Waals surface area contributed by atoms with Crippen molar-refractivity contribution in [2.45, 2.75) is 20.5 Å². The molecule has 0 saturated carbocycles. The highest BCUT2D eigenvalue weighted by Gasteiger charge is 2.13. The lowest BCUT2D eigenvalue weighted by Crippen LogP contribution is -2.13. The summed E-state index contributed by atoms with van der Waals surface area (Å²) in [4.78, 5) is 21.5. The first-order valence-corrected chi connectivity index (χ1v) is 9.92. The molecule has 0 radical (unpaired) electrons. The summed E-state index contributed by atoms with van der Waals surface area (Å²) >= 11 is 1.35. The van der Waals surface area contributed by atoms with Crippen molar-refractivity contribution in [3.8, 4) is 17.2 Å². The molecule has 0 bridgehead atoms. The molecule has 0 spiro atoms. The molecule has 1 N–H and O–H groups in total. The Kier molecular flexibility index (Phi) is 5.39. The van der Waals surface area contributed by atoms with Gasteiger partial charge in [0, 0.05) is 11.8 Å². The van der Waals surface area contributed by atoms with Crippen LogP contribution < -0.4 is 10.1 Å². The SMILES string of the molecule is Cc1ccc(OCc2csc(C(=O)Nc3nccc(-c4ccco4)n3)c2)c(C)c1. The first kappa shape index (κ1) is 18.9. The molecule has 0 aliphatic heterocycles. The standard InChI is InChI=1S/C22H19N3O3S/c1-14-5-6-18(15(2)10-14)28-12-16-11-20(29-13-16)21(26)25-22-23-8-7-17(24-22)19-4-3-9-27-19/h3-11,13H,12H2,1-2H3,(H,23,24,25,26). The highest BCUT2D eigenvalue weighted by molar-refractivity contribution is 7.12. The lowest BCUT2D eigenvalue weighted by molar-refractivity contribution is 0.102. The number of thiophene rings is 1. The minimum atomic E-state index is -0.260. The maximum atomic E-state index is 12.5. The maximum absolute atomic E-state index is 12.5. The number of nitrogens with one attached hydrogen (secondary N) is 1. The highest BCUT2D eigenvalue weighted by atomic mass is 32.1. The van der Waals surface area contributed by atoms with E-state index in [4.69, 9.17) is 9.15 Å². The third kappa shape index (κ3) is 4.52. The summed E-state index contributed by atoms with van der Waals surface area (Å²) in [6, 6.07) is 13.2. The van der Waals surface area contributed by atoms with E-state index in [2.05, 4.69) is 28.3 Å². The van der Waals surface area contributed by atoms with Crippen molar-refractivity contribution in [1.29, 1.82) is 0 Å². The van der Waals surface area contributed by atoms with Gasteiger partial charge in [-0.1, -0.05) is 17.7 Å². The van der Waals surface area contributed by atoms with Crippen molar-refractivity contribution in [3.63, 3.8) is 0 Å². The number of ether oxygens (including phenoxy) is 1. The predicted molar refractivity (Wildman–Crippen MR) is 112 cm³/mol. The first-order chi connectivity index (χ1) is 14.1. The number of hydrogen-bond acceptors (Lipinski definition) is 6. The summed E-state index contributed by atoms with van der Waals surface area (Å²) in [5.74, 6) is 1.43. The zero-order chi connectivity index (χ0) is 20.2.